The van der Waals surface area contributed by atoms with E-state index in [4.69, 9.17) is 0 Å². The summed E-state index contributed by atoms with van der Waals surface area (Å²) in [5.74, 6) is -0.322. The van der Waals surface area contributed by atoms with Gasteiger partial charge in [0.2, 0.25) is 0 Å². The Morgan fingerprint density at radius 2 is 2.36 bits per heavy atom. The summed E-state index contributed by atoms with van der Waals surface area (Å²) < 4.78 is 6.41. The number of carbonyl (C=O) groups excluding carboxylic acids is 1. The van der Waals surface area contributed by atoms with Gasteiger partial charge in [-0.15, -0.1) is 0 Å². The first-order valence-corrected chi connectivity index (χ1v) is 4.52. The van der Waals surface area contributed by atoms with Gasteiger partial charge >= 0.3 is 5.97 Å². The van der Waals surface area contributed by atoms with Gasteiger partial charge in [0.25, 0.3) is 0 Å². The molecule has 0 amide bonds. The molecule has 0 aliphatic carbocycles. The number of carbonyl (C=O) groups is 1. The number of rotatable bonds is 2. The van der Waals surface area contributed by atoms with E-state index >= 15 is 0 Å². The molecule has 0 radical (unpaired) electrons. The molecular weight excluding hydrogens is 182 g/mol. The van der Waals surface area contributed by atoms with E-state index in [0.29, 0.717) is 11.7 Å². The number of esters is 1. The van der Waals surface area contributed by atoms with Crippen molar-refractivity contribution in [2.75, 3.05) is 27.2 Å². The smallest absolute Gasteiger partial charge is 0.356 e. The molecule has 0 saturated carbocycles. The molecule has 0 N–H and O–H groups in total. The first kappa shape index (κ1) is 9.21. The summed E-state index contributed by atoms with van der Waals surface area (Å²) in [6, 6.07) is 1.99. The van der Waals surface area contributed by atoms with E-state index in [1.807, 2.05) is 7.05 Å². The van der Waals surface area contributed by atoms with Crippen LogP contribution >= 0.6 is 0 Å². The molecule has 1 aromatic rings. The van der Waals surface area contributed by atoms with Crippen molar-refractivity contribution < 1.29 is 9.53 Å². The second-order valence-corrected chi connectivity index (χ2v) is 3.53. The molecule has 0 bridgehead atoms. The van der Waals surface area contributed by atoms with Gasteiger partial charge in [-0.3, -0.25) is 4.68 Å². The molecule has 1 aromatic heterocycles. The van der Waals surface area contributed by atoms with Gasteiger partial charge in [-0.1, -0.05) is 0 Å². The Labute approximate surface area is 82.3 Å². The van der Waals surface area contributed by atoms with E-state index in [1.165, 1.54) is 7.11 Å². The van der Waals surface area contributed by atoms with Crippen LogP contribution in [0.15, 0.2) is 12.3 Å². The normalized spacial score (nSPS) is 17.9. The molecule has 1 aliphatic rings. The van der Waals surface area contributed by atoms with E-state index in [0.717, 1.165) is 13.1 Å². The van der Waals surface area contributed by atoms with Gasteiger partial charge in [0, 0.05) is 19.3 Å². The van der Waals surface area contributed by atoms with Crippen molar-refractivity contribution in [2.24, 2.45) is 0 Å². The van der Waals surface area contributed by atoms with Crippen LogP contribution < -0.4 is 0 Å². The van der Waals surface area contributed by atoms with Crippen molar-refractivity contribution in [1.29, 1.82) is 0 Å². The molecule has 76 valence electrons. The molecule has 14 heavy (non-hydrogen) atoms. The summed E-state index contributed by atoms with van der Waals surface area (Å²) in [4.78, 5) is 13.5. The fourth-order valence-corrected chi connectivity index (χ4v) is 1.69. The van der Waals surface area contributed by atoms with Crippen molar-refractivity contribution >= 4 is 5.97 Å². The predicted octanol–water partition coefficient (Wildman–Crippen LogP) is 0.156. The van der Waals surface area contributed by atoms with Crippen LogP contribution in [0.5, 0.6) is 0 Å². The van der Waals surface area contributed by atoms with Crippen LogP contribution in [0.1, 0.15) is 16.5 Å². The van der Waals surface area contributed by atoms with Gasteiger partial charge in [0.15, 0.2) is 0 Å². The molecule has 0 atom stereocenters. The maximum Gasteiger partial charge on any atom is 0.356 e. The molecule has 5 heteroatoms. The van der Waals surface area contributed by atoms with E-state index in [9.17, 15) is 4.79 Å². The monoisotopic (exact) mass is 195 g/mol. The van der Waals surface area contributed by atoms with Gasteiger partial charge in [-0.2, -0.15) is 5.10 Å². The summed E-state index contributed by atoms with van der Waals surface area (Å²) in [6.45, 7) is 1.87. The van der Waals surface area contributed by atoms with Crippen LogP contribution in [0, 0.1) is 0 Å². The lowest BCUT2D eigenvalue weighted by molar-refractivity contribution is 0.0563. The number of aromatic nitrogens is 2. The van der Waals surface area contributed by atoms with Crippen molar-refractivity contribution in [3.63, 3.8) is 0 Å². The minimum absolute atomic E-state index is 0.309. The molecule has 0 unspecified atom stereocenters. The minimum atomic E-state index is -0.322. The van der Waals surface area contributed by atoms with Gasteiger partial charge in [-0.25, -0.2) is 4.79 Å². The standard InChI is InChI=1S/C9H13N3O2/c1-11-5-7(6-11)12-8(3-4-10-12)9(13)14-2/h3-4,7H,5-6H2,1-2H3. The molecule has 1 aliphatic heterocycles. The summed E-state index contributed by atoms with van der Waals surface area (Å²) >= 11 is 0. The maximum absolute atomic E-state index is 11.3. The van der Waals surface area contributed by atoms with Crippen molar-refractivity contribution in [3.8, 4) is 0 Å². The SMILES string of the molecule is COC(=O)c1ccnn1C1CN(C)C1. The number of methoxy groups -OCH3 is 1. The van der Waals surface area contributed by atoms with E-state index in [1.54, 1.807) is 16.9 Å². The Hall–Kier alpha value is -1.36. The molecule has 1 saturated heterocycles. The second-order valence-electron chi connectivity index (χ2n) is 3.53. The summed E-state index contributed by atoms with van der Waals surface area (Å²) in [7, 11) is 3.42. The molecule has 0 spiro atoms. The number of nitrogens with zero attached hydrogens (tertiary/aromatic N) is 3. The quantitative estimate of drug-likeness (QED) is 0.630. The van der Waals surface area contributed by atoms with Gasteiger partial charge in [0.05, 0.1) is 13.2 Å². The highest BCUT2D eigenvalue weighted by molar-refractivity contribution is 5.87. The summed E-state index contributed by atoms with van der Waals surface area (Å²) in [5.41, 5.74) is 0.533. The summed E-state index contributed by atoms with van der Waals surface area (Å²) in [6.07, 6.45) is 1.63. The van der Waals surface area contributed by atoms with Gasteiger partial charge < -0.3 is 9.64 Å². The predicted molar refractivity (Wildman–Crippen MR) is 50.1 cm³/mol. The number of ether oxygens (including phenoxy) is 1. The molecule has 2 heterocycles. The van der Waals surface area contributed by atoms with Crippen LogP contribution in [-0.2, 0) is 4.74 Å². The Bertz CT molecular complexity index is 342. The number of likely N-dealkylation sites (N-methyl/N-ethyl adjacent to an activating group) is 1. The zero-order valence-corrected chi connectivity index (χ0v) is 8.30. The second kappa shape index (κ2) is 3.42. The Morgan fingerprint density at radius 1 is 1.64 bits per heavy atom. The fourth-order valence-electron chi connectivity index (χ4n) is 1.69. The lowest BCUT2D eigenvalue weighted by atomic mass is 10.1. The van der Waals surface area contributed by atoms with Crippen LogP contribution in [0.2, 0.25) is 0 Å². The number of hydrogen-bond donors (Lipinski definition) is 0. The van der Waals surface area contributed by atoms with Crippen LogP contribution in [0.25, 0.3) is 0 Å². The van der Waals surface area contributed by atoms with Gasteiger partial charge in [-0.05, 0) is 13.1 Å². The average molecular weight is 195 g/mol. The third-order valence-corrected chi connectivity index (χ3v) is 2.46. The topological polar surface area (TPSA) is 47.4 Å². The molecule has 2 rings (SSSR count). The van der Waals surface area contributed by atoms with Crippen molar-refractivity contribution in [3.05, 3.63) is 18.0 Å². The van der Waals surface area contributed by atoms with E-state index in [2.05, 4.69) is 14.7 Å². The number of hydrogen-bond acceptors (Lipinski definition) is 4. The molecule has 5 nitrogen and oxygen atoms in total. The summed E-state index contributed by atoms with van der Waals surface area (Å²) in [5, 5.41) is 4.13. The Kier molecular flexibility index (Phi) is 2.25. The van der Waals surface area contributed by atoms with E-state index < -0.39 is 0 Å². The highest BCUT2D eigenvalue weighted by Crippen LogP contribution is 2.20. The highest BCUT2D eigenvalue weighted by Gasteiger charge is 2.28. The zero-order valence-electron chi connectivity index (χ0n) is 8.30. The fraction of sp³-hybridized carbons (Fsp3) is 0.556. The first-order chi connectivity index (χ1) is 6.72. The molecule has 0 aromatic carbocycles. The largest absolute Gasteiger partial charge is 0.464 e. The third-order valence-electron chi connectivity index (χ3n) is 2.46. The Morgan fingerprint density at radius 3 is 2.93 bits per heavy atom. The van der Waals surface area contributed by atoms with Crippen molar-refractivity contribution in [1.82, 2.24) is 14.7 Å². The first-order valence-electron chi connectivity index (χ1n) is 4.52. The van der Waals surface area contributed by atoms with E-state index in [-0.39, 0.29) is 5.97 Å². The van der Waals surface area contributed by atoms with Crippen LogP contribution in [0.4, 0.5) is 0 Å². The minimum Gasteiger partial charge on any atom is -0.464 e. The van der Waals surface area contributed by atoms with Crippen LogP contribution in [0.3, 0.4) is 0 Å². The molecule has 1 fully saturated rings. The maximum atomic E-state index is 11.3. The van der Waals surface area contributed by atoms with Crippen molar-refractivity contribution in [2.45, 2.75) is 6.04 Å². The van der Waals surface area contributed by atoms with Crippen LogP contribution in [-0.4, -0.2) is 47.9 Å². The highest BCUT2D eigenvalue weighted by atomic mass is 16.5. The zero-order chi connectivity index (χ0) is 10.1. The molecular formula is C9H13N3O2. The Balaban J connectivity index is 2.18. The lowest BCUT2D eigenvalue weighted by Crippen LogP contribution is -2.46. The lowest BCUT2D eigenvalue weighted by Gasteiger charge is -2.36. The average Bonchev–Trinajstić information content (AvgIpc) is 2.59. The van der Waals surface area contributed by atoms with Gasteiger partial charge in [0.1, 0.15) is 5.69 Å². The number of likely N-dealkylation sites (tertiary alicyclic amines) is 1. The third kappa shape index (κ3) is 1.39.